The highest BCUT2D eigenvalue weighted by molar-refractivity contribution is 7.80. The van der Waals surface area contributed by atoms with E-state index in [9.17, 15) is 4.79 Å². The van der Waals surface area contributed by atoms with Gasteiger partial charge in [-0.25, -0.2) is 0 Å². The second kappa shape index (κ2) is 7.20. The molecule has 0 aliphatic heterocycles. The fraction of sp³-hybridized carbons (Fsp3) is 0.444. The van der Waals surface area contributed by atoms with Crippen molar-refractivity contribution in [3.05, 3.63) is 11.8 Å². The van der Waals surface area contributed by atoms with Crippen molar-refractivity contribution in [1.82, 2.24) is 5.32 Å². The summed E-state index contributed by atoms with van der Waals surface area (Å²) in [5, 5.41) is 2.37. The van der Waals surface area contributed by atoms with Gasteiger partial charge in [0.15, 0.2) is 5.11 Å². The second-order valence-electron chi connectivity index (χ2n) is 2.70. The number of hydrogen-bond donors (Lipinski definition) is 2. The summed E-state index contributed by atoms with van der Waals surface area (Å²) in [4.78, 5) is 14.9. The van der Waals surface area contributed by atoms with E-state index >= 15 is 0 Å². The number of thiocarbonyl (C=S) groups is 1. The highest BCUT2D eigenvalue weighted by Gasteiger charge is 2.02. The van der Waals surface area contributed by atoms with Crippen molar-refractivity contribution < 1.29 is 4.79 Å². The Bertz CT molecular complexity index is 261. The summed E-state index contributed by atoms with van der Waals surface area (Å²) in [6.45, 7) is 5.31. The first-order chi connectivity index (χ1) is 6.60. The third-order valence-electron chi connectivity index (χ3n) is 1.64. The van der Waals surface area contributed by atoms with E-state index in [0.717, 1.165) is 12.1 Å². The highest BCUT2D eigenvalue weighted by Crippen LogP contribution is 2.07. The van der Waals surface area contributed by atoms with Crippen LogP contribution in [0.3, 0.4) is 0 Å². The third kappa shape index (κ3) is 6.30. The Hall–Kier alpha value is -1.23. The Morgan fingerprint density at radius 1 is 1.64 bits per heavy atom. The Morgan fingerprint density at radius 3 is 2.71 bits per heavy atom. The zero-order valence-corrected chi connectivity index (χ0v) is 9.06. The summed E-state index contributed by atoms with van der Waals surface area (Å²) in [6.07, 6.45) is 3.72. The minimum absolute atomic E-state index is 0.0168. The smallest absolute Gasteiger partial charge is 0.226 e. The van der Waals surface area contributed by atoms with Gasteiger partial charge in [-0.05, 0) is 38.7 Å². The maximum atomic E-state index is 11.1. The minimum atomic E-state index is -0.156. The molecule has 5 heteroatoms. The van der Waals surface area contributed by atoms with E-state index in [1.165, 1.54) is 0 Å². The molecule has 0 atom stereocenters. The number of carbonyl (C=O) groups excluding carboxylic acids is 1. The lowest BCUT2D eigenvalue weighted by Crippen LogP contribution is -2.34. The van der Waals surface area contributed by atoms with Crippen LogP contribution in [-0.4, -0.2) is 17.7 Å². The predicted molar refractivity (Wildman–Crippen MR) is 62.1 cm³/mol. The van der Waals surface area contributed by atoms with Crippen LogP contribution in [0.1, 0.15) is 26.2 Å². The molecule has 0 unspecified atom stereocenters. The topological polar surface area (TPSA) is 67.5 Å². The molecule has 78 valence electrons. The van der Waals surface area contributed by atoms with Gasteiger partial charge in [-0.15, -0.1) is 0 Å². The molecule has 0 rings (SSSR count). The maximum absolute atomic E-state index is 11.1. The van der Waals surface area contributed by atoms with Crippen LogP contribution in [-0.2, 0) is 4.79 Å². The van der Waals surface area contributed by atoms with Gasteiger partial charge in [0.2, 0.25) is 5.91 Å². The standard InChI is InChI=1S/C9H15N3OS/c1-3-7(11-2)5-4-6-8(13)12-9(10)14/h3H,2,4-6H2,1H3,(H3,10,12,13,14). The number of rotatable bonds is 5. The van der Waals surface area contributed by atoms with E-state index in [2.05, 4.69) is 29.2 Å². The molecule has 0 radical (unpaired) electrons. The number of amides is 1. The van der Waals surface area contributed by atoms with Crippen LogP contribution < -0.4 is 11.1 Å². The third-order valence-corrected chi connectivity index (χ3v) is 1.74. The fourth-order valence-electron chi connectivity index (χ4n) is 0.945. The molecule has 0 fully saturated rings. The van der Waals surface area contributed by atoms with Gasteiger partial charge in [0.1, 0.15) is 0 Å². The molecule has 0 saturated carbocycles. The number of hydrogen-bond acceptors (Lipinski definition) is 3. The summed E-state index contributed by atoms with van der Waals surface area (Å²) in [5.41, 5.74) is 6.03. The number of nitrogens with one attached hydrogen (secondary N) is 1. The molecular weight excluding hydrogens is 198 g/mol. The van der Waals surface area contributed by atoms with Gasteiger partial charge in [0.25, 0.3) is 0 Å². The van der Waals surface area contributed by atoms with Crippen LogP contribution in [0.5, 0.6) is 0 Å². The monoisotopic (exact) mass is 213 g/mol. The van der Waals surface area contributed by atoms with Gasteiger partial charge in [-0.3, -0.25) is 9.79 Å². The molecule has 0 spiro atoms. The normalized spacial score (nSPS) is 10.8. The quantitative estimate of drug-likeness (QED) is 0.531. The van der Waals surface area contributed by atoms with E-state index in [1.807, 2.05) is 13.0 Å². The Morgan fingerprint density at radius 2 is 2.29 bits per heavy atom. The van der Waals surface area contributed by atoms with E-state index in [4.69, 9.17) is 5.73 Å². The molecule has 0 saturated heterocycles. The lowest BCUT2D eigenvalue weighted by Gasteiger charge is -2.02. The van der Waals surface area contributed by atoms with Crippen molar-refractivity contribution in [1.29, 1.82) is 0 Å². The molecule has 4 nitrogen and oxygen atoms in total. The predicted octanol–water partition coefficient (Wildman–Crippen LogP) is 1.12. The first-order valence-electron chi connectivity index (χ1n) is 4.31. The maximum Gasteiger partial charge on any atom is 0.226 e. The van der Waals surface area contributed by atoms with E-state index in [0.29, 0.717) is 12.8 Å². The summed E-state index contributed by atoms with van der Waals surface area (Å²) < 4.78 is 0. The van der Waals surface area contributed by atoms with Crippen LogP contribution >= 0.6 is 12.2 Å². The van der Waals surface area contributed by atoms with Crippen LogP contribution in [0.15, 0.2) is 16.8 Å². The second-order valence-corrected chi connectivity index (χ2v) is 3.14. The first kappa shape index (κ1) is 12.8. The molecule has 0 heterocycles. The summed E-state index contributed by atoms with van der Waals surface area (Å²) >= 11 is 4.53. The van der Waals surface area contributed by atoms with Crippen LogP contribution in [0, 0.1) is 0 Å². The summed E-state index contributed by atoms with van der Waals surface area (Å²) in [6, 6.07) is 0. The Kier molecular flexibility index (Phi) is 6.57. The Balaban J connectivity index is 3.69. The van der Waals surface area contributed by atoms with Gasteiger partial charge in [0.05, 0.1) is 0 Å². The summed E-state index contributed by atoms with van der Waals surface area (Å²) in [7, 11) is 0. The van der Waals surface area contributed by atoms with Crippen molar-refractivity contribution >= 4 is 30.0 Å². The lowest BCUT2D eigenvalue weighted by atomic mass is 10.2. The van der Waals surface area contributed by atoms with Gasteiger partial charge in [-0.1, -0.05) is 6.08 Å². The molecule has 3 N–H and O–H groups in total. The minimum Gasteiger partial charge on any atom is -0.376 e. The molecule has 14 heavy (non-hydrogen) atoms. The fourth-order valence-corrected chi connectivity index (χ4v) is 1.06. The van der Waals surface area contributed by atoms with Gasteiger partial charge in [0, 0.05) is 12.1 Å². The van der Waals surface area contributed by atoms with Crippen LogP contribution in [0.25, 0.3) is 0 Å². The van der Waals surface area contributed by atoms with Gasteiger partial charge >= 0.3 is 0 Å². The molecule has 0 aromatic heterocycles. The van der Waals surface area contributed by atoms with Crippen LogP contribution in [0.4, 0.5) is 0 Å². The van der Waals surface area contributed by atoms with Crippen molar-refractivity contribution in [3.8, 4) is 0 Å². The number of allylic oxidation sites excluding steroid dienone is 2. The van der Waals surface area contributed by atoms with Gasteiger partial charge < -0.3 is 11.1 Å². The summed E-state index contributed by atoms with van der Waals surface area (Å²) in [5.74, 6) is -0.156. The highest BCUT2D eigenvalue weighted by atomic mass is 32.1. The first-order valence-corrected chi connectivity index (χ1v) is 4.72. The Labute approximate surface area is 89.3 Å². The number of nitrogens with two attached hydrogens (primary N) is 1. The molecule has 0 aromatic carbocycles. The molecule has 0 aliphatic rings. The molecule has 0 aliphatic carbocycles. The average molecular weight is 213 g/mol. The average Bonchev–Trinajstić information content (AvgIpc) is 2.11. The SMILES string of the molecule is C=NC(=CC)CCCC(=O)NC(N)=S. The van der Waals surface area contributed by atoms with Crippen molar-refractivity contribution in [2.45, 2.75) is 26.2 Å². The van der Waals surface area contributed by atoms with E-state index < -0.39 is 0 Å². The van der Waals surface area contributed by atoms with E-state index in [-0.39, 0.29) is 11.0 Å². The number of aliphatic imine (C=N–C) groups is 1. The number of carbonyl (C=O) groups is 1. The zero-order valence-electron chi connectivity index (χ0n) is 8.25. The molecule has 0 bridgehead atoms. The largest absolute Gasteiger partial charge is 0.376 e. The molecular formula is C9H15N3OS. The van der Waals surface area contributed by atoms with Crippen molar-refractivity contribution in [2.75, 3.05) is 0 Å². The molecule has 0 aromatic rings. The number of nitrogens with zero attached hydrogens (tertiary/aromatic N) is 1. The zero-order chi connectivity index (χ0) is 11.0. The molecule has 1 amide bonds. The lowest BCUT2D eigenvalue weighted by molar-refractivity contribution is -0.119. The van der Waals surface area contributed by atoms with Gasteiger partial charge in [-0.2, -0.15) is 0 Å². The van der Waals surface area contributed by atoms with Crippen molar-refractivity contribution in [3.63, 3.8) is 0 Å². The van der Waals surface area contributed by atoms with Crippen LogP contribution in [0.2, 0.25) is 0 Å². The van der Waals surface area contributed by atoms with Crippen molar-refractivity contribution in [2.24, 2.45) is 10.7 Å². The van der Waals surface area contributed by atoms with E-state index in [1.54, 1.807) is 0 Å².